The highest BCUT2D eigenvalue weighted by atomic mass is 16.5. The van der Waals surface area contributed by atoms with Gasteiger partial charge in [-0.05, 0) is 25.2 Å². The van der Waals surface area contributed by atoms with Crippen molar-refractivity contribution in [1.82, 2.24) is 10.6 Å². The van der Waals surface area contributed by atoms with E-state index >= 15 is 0 Å². The lowest BCUT2D eigenvalue weighted by atomic mass is 9.90. The smallest absolute Gasteiger partial charge is 0.329 e. The molecule has 2 unspecified atom stereocenters. The molecular weight excluding hydrogens is 272 g/mol. The van der Waals surface area contributed by atoms with Gasteiger partial charge in [0.15, 0.2) is 0 Å². The van der Waals surface area contributed by atoms with Gasteiger partial charge in [0.1, 0.15) is 5.54 Å². The number of rotatable bonds is 3. The fraction of sp³-hybridized carbons (Fsp3) is 0.867. The van der Waals surface area contributed by atoms with Crippen LogP contribution < -0.4 is 10.6 Å². The van der Waals surface area contributed by atoms with Crippen molar-refractivity contribution in [2.75, 3.05) is 13.2 Å². The van der Waals surface area contributed by atoms with Crippen LogP contribution in [0.25, 0.3) is 0 Å². The molecule has 2 fully saturated rings. The zero-order valence-electron chi connectivity index (χ0n) is 12.7. The molecule has 1 saturated heterocycles. The fourth-order valence-electron chi connectivity index (χ4n) is 3.18. The van der Waals surface area contributed by atoms with Gasteiger partial charge in [0.25, 0.3) is 0 Å². The van der Waals surface area contributed by atoms with Crippen molar-refractivity contribution in [3.8, 4) is 0 Å². The first kappa shape index (κ1) is 16.1. The van der Waals surface area contributed by atoms with Crippen molar-refractivity contribution in [2.45, 2.75) is 63.5 Å². The van der Waals surface area contributed by atoms with Gasteiger partial charge in [0.2, 0.25) is 0 Å². The van der Waals surface area contributed by atoms with Crippen LogP contribution in [0.1, 0.15) is 51.9 Å². The molecule has 0 aromatic rings. The number of hydrogen-bond donors (Lipinski definition) is 3. The Labute approximate surface area is 125 Å². The van der Waals surface area contributed by atoms with Crippen LogP contribution in [-0.2, 0) is 9.53 Å². The molecule has 0 aromatic heterocycles. The molecule has 120 valence electrons. The van der Waals surface area contributed by atoms with Crippen LogP contribution in [0.5, 0.6) is 0 Å². The highest BCUT2D eigenvalue weighted by Gasteiger charge is 2.41. The summed E-state index contributed by atoms with van der Waals surface area (Å²) < 4.78 is 5.20. The normalized spacial score (nSPS) is 29.2. The number of amides is 2. The Morgan fingerprint density at radius 1 is 1.14 bits per heavy atom. The summed E-state index contributed by atoms with van der Waals surface area (Å²) in [6.07, 6.45) is 6.01. The molecule has 2 aliphatic rings. The molecule has 2 atom stereocenters. The molecule has 0 bridgehead atoms. The molecule has 1 aliphatic heterocycles. The lowest BCUT2D eigenvalue weighted by Gasteiger charge is -2.34. The molecule has 2 amide bonds. The van der Waals surface area contributed by atoms with Crippen LogP contribution in [0.15, 0.2) is 0 Å². The Morgan fingerprint density at radius 2 is 1.86 bits per heavy atom. The Hall–Kier alpha value is -1.30. The Bertz CT molecular complexity index is 380. The highest BCUT2D eigenvalue weighted by molar-refractivity contribution is 5.86. The van der Waals surface area contributed by atoms with Crippen LogP contribution in [0.2, 0.25) is 0 Å². The molecule has 6 nitrogen and oxygen atoms in total. The van der Waals surface area contributed by atoms with Crippen molar-refractivity contribution in [3.05, 3.63) is 0 Å². The third kappa shape index (κ3) is 4.33. The Balaban J connectivity index is 1.88. The second-order valence-corrected chi connectivity index (χ2v) is 6.41. The van der Waals surface area contributed by atoms with Crippen LogP contribution in [0.4, 0.5) is 4.79 Å². The molecule has 1 aliphatic carbocycles. The first-order chi connectivity index (χ1) is 10.0. The van der Waals surface area contributed by atoms with Crippen LogP contribution in [0, 0.1) is 5.92 Å². The summed E-state index contributed by atoms with van der Waals surface area (Å²) >= 11 is 0. The van der Waals surface area contributed by atoms with Crippen molar-refractivity contribution in [3.63, 3.8) is 0 Å². The zero-order chi connectivity index (χ0) is 15.3. The number of urea groups is 1. The summed E-state index contributed by atoms with van der Waals surface area (Å²) in [4.78, 5) is 23.7. The van der Waals surface area contributed by atoms with E-state index in [-0.39, 0.29) is 12.1 Å². The lowest BCUT2D eigenvalue weighted by molar-refractivity contribution is -0.148. The maximum Gasteiger partial charge on any atom is 0.329 e. The first-order valence-electron chi connectivity index (χ1n) is 7.92. The van der Waals surface area contributed by atoms with E-state index in [0.29, 0.717) is 32.0 Å². The molecule has 6 heteroatoms. The molecular formula is C15H26N2O4. The first-order valence-corrected chi connectivity index (χ1v) is 7.92. The predicted molar refractivity (Wildman–Crippen MR) is 78.1 cm³/mol. The second kappa shape index (κ2) is 7.11. The highest BCUT2D eigenvalue weighted by Crippen LogP contribution is 2.23. The van der Waals surface area contributed by atoms with Gasteiger partial charge in [-0.3, -0.25) is 0 Å². The average molecular weight is 298 g/mol. The number of nitrogens with one attached hydrogen (secondary N) is 2. The summed E-state index contributed by atoms with van der Waals surface area (Å²) in [5.74, 6) is -0.267. The van der Waals surface area contributed by atoms with E-state index in [1.54, 1.807) is 0 Å². The summed E-state index contributed by atoms with van der Waals surface area (Å²) in [5.41, 5.74) is -1.18. The number of carbonyl (C=O) groups excluding carboxylic acids is 1. The lowest BCUT2D eigenvalue weighted by Crippen LogP contribution is -2.60. The minimum absolute atomic E-state index is 0.153. The summed E-state index contributed by atoms with van der Waals surface area (Å²) in [6.45, 7) is 2.98. The number of carboxylic acid groups (broad SMARTS) is 1. The van der Waals surface area contributed by atoms with Crippen molar-refractivity contribution in [2.24, 2.45) is 5.92 Å². The number of carboxylic acids is 1. The maximum absolute atomic E-state index is 12.2. The van der Waals surface area contributed by atoms with E-state index in [1.807, 2.05) is 0 Å². The van der Waals surface area contributed by atoms with Crippen molar-refractivity contribution < 1.29 is 19.4 Å². The van der Waals surface area contributed by atoms with E-state index in [9.17, 15) is 14.7 Å². The number of aliphatic carboxylic acids is 1. The molecule has 2 rings (SSSR count). The number of hydrogen-bond acceptors (Lipinski definition) is 3. The topological polar surface area (TPSA) is 87.7 Å². The molecule has 3 N–H and O–H groups in total. The predicted octanol–water partition coefficient (Wildman–Crippen LogP) is 1.89. The molecule has 0 radical (unpaired) electrons. The second-order valence-electron chi connectivity index (χ2n) is 6.41. The van der Waals surface area contributed by atoms with E-state index in [1.165, 1.54) is 6.42 Å². The van der Waals surface area contributed by atoms with Gasteiger partial charge in [-0.15, -0.1) is 0 Å². The number of carbonyl (C=O) groups is 2. The third-order valence-corrected chi connectivity index (χ3v) is 4.70. The summed E-state index contributed by atoms with van der Waals surface area (Å²) in [7, 11) is 0. The summed E-state index contributed by atoms with van der Waals surface area (Å²) in [5, 5.41) is 15.1. The van der Waals surface area contributed by atoms with Gasteiger partial charge < -0.3 is 20.5 Å². The van der Waals surface area contributed by atoms with Crippen LogP contribution in [0.3, 0.4) is 0 Å². The van der Waals surface area contributed by atoms with E-state index in [0.717, 1.165) is 25.7 Å². The molecule has 1 heterocycles. The van der Waals surface area contributed by atoms with Crippen LogP contribution in [-0.4, -0.2) is 41.9 Å². The summed E-state index contributed by atoms with van der Waals surface area (Å²) in [6, 6.07) is -0.209. The monoisotopic (exact) mass is 298 g/mol. The van der Waals surface area contributed by atoms with Gasteiger partial charge in [0.05, 0.1) is 0 Å². The average Bonchev–Trinajstić information content (AvgIpc) is 2.64. The molecule has 21 heavy (non-hydrogen) atoms. The molecule has 0 aromatic carbocycles. The van der Waals surface area contributed by atoms with Gasteiger partial charge >= 0.3 is 12.0 Å². The molecule has 0 spiro atoms. The Kier molecular flexibility index (Phi) is 5.45. The molecule has 1 saturated carbocycles. The fourth-order valence-corrected chi connectivity index (χ4v) is 3.18. The quantitative estimate of drug-likeness (QED) is 0.694. The van der Waals surface area contributed by atoms with Crippen LogP contribution >= 0.6 is 0 Å². The Morgan fingerprint density at radius 3 is 2.52 bits per heavy atom. The standard InChI is InChI=1S/C15H26N2O4/c1-11-3-2-4-12(6-5-11)16-14(20)17-15(13(18)19)7-9-21-10-8-15/h11-12H,2-10H2,1H3,(H,18,19)(H2,16,17,20). The van der Waals surface area contributed by atoms with Gasteiger partial charge in [-0.1, -0.05) is 19.8 Å². The largest absolute Gasteiger partial charge is 0.480 e. The SMILES string of the molecule is CC1CCCC(NC(=O)NC2(C(=O)O)CCOCC2)CC1. The van der Waals surface area contributed by atoms with E-state index < -0.39 is 11.5 Å². The zero-order valence-corrected chi connectivity index (χ0v) is 12.7. The van der Waals surface area contributed by atoms with Gasteiger partial charge in [-0.25, -0.2) is 9.59 Å². The minimum atomic E-state index is -1.18. The third-order valence-electron chi connectivity index (χ3n) is 4.70. The van der Waals surface area contributed by atoms with Crippen molar-refractivity contribution in [1.29, 1.82) is 0 Å². The maximum atomic E-state index is 12.2. The van der Waals surface area contributed by atoms with E-state index in [2.05, 4.69) is 17.6 Å². The van der Waals surface area contributed by atoms with E-state index in [4.69, 9.17) is 4.74 Å². The number of ether oxygens (including phenoxy) is 1. The van der Waals surface area contributed by atoms with Gasteiger partial charge in [0, 0.05) is 32.1 Å². The van der Waals surface area contributed by atoms with Crippen molar-refractivity contribution >= 4 is 12.0 Å². The van der Waals surface area contributed by atoms with Gasteiger partial charge in [-0.2, -0.15) is 0 Å². The minimum Gasteiger partial charge on any atom is -0.480 e.